The maximum absolute atomic E-state index is 13.5. The van der Waals surface area contributed by atoms with Crippen LogP contribution in [0.5, 0.6) is 0 Å². The first kappa shape index (κ1) is 25.2. The summed E-state index contributed by atoms with van der Waals surface area (Å²) in [6, 6.07) is 13.2. The molecule has 1 aliphatic heterocycles. The standard InChI is InChI=1S/C26H28ClN3O4S/c1-17-4-7-20(8-5-17)9-11-24-25(19(3)29-34-24)35(32,33)30-14-12-21(13-15-30)26(31)28-23-16-22(27)10-6-18(23)2/h4-11,16,21H,12-15H2,1-3H3,(H,28,31). The van der Waals surface area contributed by atoms with Crippen molar-refractivity contribution in [1.29, 1.82) is 0 Å². The average Bonchev–Trinajstić information content (AvgIpc) is 3.22. The van der Waals surface area contributed by atoms with Gasteiger partial charge in [0.05, 0.1) is 0 Å². The number of aryl methyl sites for hydroxylation is 3. The summed E-state index contributed by atoms with van der Waals surface area (Å²) < 4.78 is 33.7. The van der Waals surface area contributed by atoms with Crippen LogP contribution >= 0.6 is 11.6 Å². The zero-order chi connectivity index (χ0) is 25.2. The first-order valence-electron chi connectivity index (χ1n) is 11.4. The monoisotopic (exact) mass is 513 g/mol. The van der Waals surface area contributed by atoms with Crippen LogP contribution < -0.4 is 5.32 Å². The Bertz CT molecular complexity index is 1360. The second-order valence-corrected chi connectivity index (χ2v) is 11.1. The average molecular weight is 514 g/mol. The highest BCUT2D eigenvalue weighted by Crippen LogP contribution is 2.30. The molecule has 0 radical (unpaired) electrons. The molecule has 0 aliphatic carbocycles. The van der Waals surface area contributed by atoms with Gasteiger partial charge in [0, 0.05) is 29.7 Å². The Morgan fingerprint density at radius 3 is 2.46 bits per heavy atom. The lowest BCUT2D eigenvalue weighted by atomic mass is 9.97. The van der Waals surface area contributed by atoms with Gasteiger partial charge in [-0.1, -0.05) is 58.7 Å². The van der Waals surface area contributed by atoms with E-state index in [2.05, 4.69) is 10.5 Å². The molecule has 1 N–H and O–H groups in total. The maximum atomic E-state index is 13.5. The van der Waals surface area contributed by atoms with Gasteiger partial charge in [-0.2, -0.15) is 4.31 Å². The minimum absolute atomic E-state index is 0.0679. The van der Waals surface area contributed by atoms with E-state index < -0.39 is 10.0 Å². The largest absolute Gasteiger partial charge is 0.355 e. The van der Waals surface area contributed by atoms with Crippen molar-refractivity contribution < 1.29 is 17.7 Å². The molecule has 3 aromatic rings. The Balaban J connectivity index is 1.45. The van der Waals surface area contributed by atoms with Crippen LogP contribution in [-0.4, -0.2) is 36.9 Å². The number of nitrogens with one attached hydrogen (secondary N) is 1. The lowest BCUT2D eigenvalue weighted by molar-refractivity contribution is -0.120. The van der Waals surface area contributed by atoms with Gasteiger partial charge in [-0.15, -0.1) is 0 Å². The summed E-state index contributed by atoms with van der Waals surface area (Å²) >= 11 is 6.05. The molecule has 2 heterocycles. The smallest absolute Gasteiger partial charge is 0.248 e. The fourth-order valence-corrected chi connectivity index (χ4v) is 5.99. The van der Waals surface area contributed by atoms with E-state index in [9.17, 15) is 13.2 Å². The molecule has 9 heteroatoms. The van der Waals surface area contributed by atoms with Crippen molar-refractivity contribution in [3.63, 3.8) is 0 Å². The van der Waals surface area contributed by atoms with Crippen LogP contribution in [0.15, 0.2) is 51.9 Å². The predicted molar refractivity (Wildman–Crippen MR) is 138 cm³/mol. The zero-order valence-corrected chi connectivity index (χ0v) is 21.5. The van der Waals surface area contributed by atoms with Crippen LogP contribution in [0.25, 0.3) is 12.2 Å². The molecular weight excluding hydrogens is 486 g/mol. The van der Waals surface area contributed by atoms with E-state index in [-0.39, 0.29) is 35.6 Å². The number of hydrogen-bond acceptors (Lipinski definition) is 5. The van der Waals surface area contributed by atoms with Crippen LogP contribution in [0.4, 0.5) is 5.69 Å². The molecule has 0 atom stereocenters. The number of carbonyl (C=O) groups is 1. The molecule has 4 rings (SSSR count). The first-order chi connectivity index (χ1) is 16.6. The number of rotatable bonds is 6. The highest BCUT2D eigenvalue weighted by molar-refractivity contribution is 7.89. The summed E-state index contributed by atoms with van der Waals surface area (Å²) in [4.78, 5) is 12.9. The fraction of sp³-hybridized carbons (Fsp3) is 0.308. The second kappa shape index (κ2) is 10.4. The van der Waals surface area contributed by atoms with Gasteiger partial charge < -0.3 is 9.84 Å². The van der Waals surface area contributed by atoms with Crippen LogP contribution in [-0.2, 0) is 14.8 Å². The van der Waals surface area contributed by atoms with Gasteiger partial charge in [0.1, 0.15) is 5.69 Å². The van der Waals surface area contributed by atoms with Gasteiger partial charge in [0.25, 0.3) is 0 Å². The number of hydrogen-bond donors (Lipinski definition) is 1. The van der Waals surface area contributed by atoms with Gasteiger partial charge in [-0.05, 0) is 62.9 Å². The number of piperidine rings is 1. The van der Waals surface area contributed by atoms with Crippen LogP contribution in [0, 0.1) is 26.7 Å². The molecule has 0 unspecified atom stereocenters. The number of sulfonamides is 1. The molecule has 1 saturated heterocycles. The molecule has 1 aromatic heterocycles. The van der Waals surface area contributed by atoms with Crippen molar-refractivity contribution in [2.75, 3.05) is 18.4 Å². The van der Waals surface area contributed by atoms with Crippen molar-refractivity contribution >= 4 is 45.4 Å². The second-order valence-electron chi connectivity index (χ2n) is 8.83. The molecule has 1 amide bonds. The third-order valence-corrected chi connectivity index (χ3v) is 8.51. The molecular formula is C26H28ClN3O4S. The van der Waals surface area contributed by atoms with Crippen LogP contribution in [0.2, 0.25) is 5.02 Å². The lowest BCUT2D eigenvalue weighted by Crippen LogP contribution is -2.41. The predicted octanol–water partition coefficient (Wildman–Crippen LogP) is 5.46. The van der Waals surface area contributed by atoms with E-state index in [1.807, 2.05) is 44.2 Å². The third-order valence-electron chi connectivity index (χ3n) is 6.22. The molecule has 0 saturated carbocycles. The minimum Gasteiger partial charge on any atom is -0.355 e. The Morgan fingerprint density at radius 1 is 1.09 bits per heavy atom. The lowest BCUT2D eigenvalue weighted by Gasteiger charge is -2.30. The van der Waals surface area contributed by atoms with Gasteiger partial charge in [-0.3, -0.25) is 4.79 Å². The van der Waals surface area contributed by atoms with Crippen molar-refractivity contribution in [3.05, 3.63) is 75.6 Å². The van der Waals surface area contributed by atoms with E-state index in [1.165, 1.54) is 4.31 Å². The maximum Gasteiger partial charge on any atom is 0.248 e. The van der Waals surface area contributed by atoms with Gasteiger partial charge >= 0.3 is 0 Å². The summed E-state index contributed by atoms with van der Waals surface area (Å²) in [6.45, 7) is 5.99. The van der Waals surface area contributed by atoms with Crippen molar-refractivity contribution in [3.8, 4) is 0 Å². The molecule has 0 spiro atoms. The van der Waals surface area contributed by atoms with Crippen molar-refractivity contribution in [2.24, 2.45) is 5.92 Å². The molecule has 184 valence electrons. The third kappa shape index (κ3) is 5.66. The number of carbonyl (C=O) groups excluding carboxylic acids is 1. The quantitative estimate of drug-likeness (QED) is 0.472. The van der Waals surface area contributed by atoms with Crippen molar-refractivity contribution in [1.82, 2.24) is 9.46 Å². The van der Waals surface area contributed by atoms with E-state index in [0.29, 0.717) is 29.2 Å². The number of amides is 1. The van der Waals surface area contributed by atoms with Gasteiger partial charge in [-0.25, -0.2) is 8.42 Å². The molecule has 35 heavy (non-hydrogen) atoms. The van der Waals surface area contributed by atoms with E-state index in [0.717, 1.165) is 16.7 Å². The summed E-state index contributed by atoms with van der Waals surface area (Å²) in [5.41, 5.74) is 3.96. The normalized spacial score (nSPS) is 15.5. The SMILES string of the molecule is Cc1ccc(C=Cc2onc(C)c2S(=O)(=O)N2CCC(C(=O)Nc3cc(Cl)ccc3C)CC2)cc1. The zero-order valence-electron chi connectivity index (χ0n) is 19.9. The topological polar surface area (TPSA) is 92.5 Å². The van der Waals surface area contributed by atoms with E-state index in [4.69, 9.17) is 16.1 Å². The minimum atomic E-state index is -3.83. The van der Waals surface area contributed by atoms with Crippen LogP contribution in [0.1, 0.15) is 41.0 Å². The molecule has 1 aliphatic rings. The van der Waals surface area contributed by atoms with Crippen LogP contribution in [0.3, 0.4) is 0 Å². The highest BCUT2D eigenvalue weighted by atomic mass is 35.5. The Morgan fingerprint density at radius 2 is 1.77 bits per heavy atom. The molecule has 0 bridgehead atoms. The van der Waals surface area contributed by atoms with E-state index in [1.54, 1.807) is 31.2 Å². The summed E-state index contributed by atoms with van der Waals surface area (Å²) in [6.07, 6.45) is 4.27. The highest BCUT2D eigenvalue weighted by Gasteiger charge is 2.36. The number of anilines is 1. The van der Waals surface area contributed by atoms with Gasteiger partial charge in [0.15, 0.2) is 10.7 Å². The molecule has 1 fully saturated rings. The summed E-state index contributed by atoms with van der Waals surface area (Å²) in [5, 5.41) is 7.38. The number of nitrogens with zero attached hydrogens (tertiary/aromatic N) is 2. The molecule has 7 nitrogen and oxygen atoms in total. The molecule has 2 aromatic carbocycles. The summed E-state index contributed by atoms with van der Waals surface area (Å²) in [7, 11) is -3.83. The number of halogens is 1. The number of benzene rings is 2. The first-order valence-corrected chi connectivity index (χ1v) is 13.2. The summed E-state index contributed by atoms with van der Waals surface area (Å²) in [5.74, 6) is -0.223. The Kier molecular flexibility index (Phi) is 7.44. The number of aromatic nitrogens is 1. The Labute approximate surface area is 210 Å². The van der Waals surface area contributed by atoms with E-state index >= 15 is 0 Å². The van der Waals surface area contributed by atoms with Crippen molar-refractivity contribution in [2.45, 2.75) is 38.5 Å². The van der Waals surface area contributed by atoms with Gasteiger partial charge in [0.2, 0.25) is 15.9 Å². The Hall–Kier alpha value is -2.94. The fourth-order valence-electron chi connectivity index (χ4n) is 4.10.